The van der Waals surface area contributed by atoms with E-state index in [1.54, 1.807) is 17.0 Å². The number of hydrogen-bond acceptors (Lipinski definition) is 5. The minimum Gasteiger partial charge on any atom is -0.253 e. The van der Waals surface area contributed by atoms with Gasteiger partial charge < -0.3 is 0 Å². The zero-order valence-corrected chi connectivity index (χ0v) is 12.7. The highest BCUT2D eigenvalue weighted by Crippen LogP contribution is 2.37. The standard InChI is InChI=1S/C16H13N5S/c1-2-7-12-10(5-1)13-15-19-14(11-6-3-4-8-17-11)20-21(15)9-18-16(13)22-12/h3-4,6,8-9H,1-2,5,7H2. The zero-order chi connectivity index (χ0) is 14.5. The van der Waals surface area contributed by atoms with E-state index in [0.717, 1.165) is 22.6 Å². The van der Waals surface area contributed by atoms with Crippen LogP contribution in [0.3, 0.4) is 0 Å². The summed E-state index contributed by atoms with van der Waals surface area (Å²) in [5.41, 5.74) is 3.14. The van der Waals surface area contributed by atoms with Crippen LogP contribution in [0.1, 0.15) is 23.3 Å². The fourth-order valence-electron chi connectivity index (χ4n) is 3.16. The number of nitrogens with zero attached hydrogens (tertiary/aromatic N) is 5. The molecule has 0 radical (unpaired) electrons. The summed E-state index contributed by atoms with van der Waals surface area (Å²) in [4.78, 5) is 16.2. The average Bonchev–Trinajstić information content (AvgIpc) is 3.16. The SMILES string of the molecule is c1ccc(-c2nc3c4c5c(sc4ncn3n2)CCCC5)nc1. The normalized spacial score (nSPS) is 14.5. The van der Waals surface area contributed by atoms with Gasteiger partial charge in [0.2, 0.25) is 5.82 Å². The van der Waals surface area contributed by atoms with E-state index in [2.05, 4.69) is 15.1 Å². The van der Waals surface area contributed by atoms with Gasteiger partial charge in [0.05, 0.1) is 5.39 Å². The van der Waals surface area contributed by atoms with Gasteiger partial charge in [-0.3, -0.25) is 4.98 Å². The van der Waals surface area contributed by atoms with Crippen LogP contribution in [0.5, 0.6) is 0 Å². The molecule has 0 fully saturated rings. The monoisotopic (exact) mass is 307 g/mol. The molecule has 0 N–H and O–H groups in total. The lowest BCUT2D eigenvalue weighted by Crippen LogP contribution is -1.99. The summed E-state index contributed by atoms with van der Waals surface area (Å²) in [6, 6.07) is 5.78. The Balaban J connectivity index is 1.81. The second kappa shape index (κ2) is 4.58. The number of hydrogen-bond donors (Lipinski definition) is 0. The minimum absolute atomic E-state index is 0.658. The van der Waals surface area contributed by atoms with Crippen LogP contribution in [0.4, 0.5) is 0 Å². The third kappa shape index (κ3) is 1.70. The van der Waals surface area contributed by atoms with Crippen LogP contribution < -0.4 is 0 Å². The first-order chi connectivity index (χ1) is 10.9. The van der Waals surface area contributed by atoms with Crippen molar-refractivity contribution in [2.75, 3.05) is 0 Å². The van der Waals surface area contributed by atoms with Crippen LogP contribution >= 0.6 is 11.3 Å². The first-order valence-electron chi connectivity index (χ1n) is 7.47. The molecular weight excluding hydrogens is 294 g/mol. The Morgan fingerprint density at radius 2 is 2.05 bits per heavy atom. The maximum atomic E-state index is 4.75. The largest absolute Gasteiger partial charge is 0.253 e. The first-order valence-corrected chi connectivity index (χ1v) is 8.29. The van der Waals surface area contributed by atoms with E-state index < -0.39 is 0 Å². The van der Waals surface area contributed by atoms with Crippen molar-refractivity contribution in [3.8, 4) is 11.5 Å². The molecule has 0 bridgehead atoms. The summed E-state index contributed by atoms with van der Waals surface area (Å²) in [5.74, 6) is 0.658. The Bertz CT molecular complexity index is 986. The lowest BCUT2D eigenvalue weighted by atomic mass is 9.97. The van der Waals surface area contributed by atoms with Gasteiger partial charge in [-0.05, 0) is 43.4 Å². The summed E-state index contributed by atoms with van der Waals surface area (Å²) in [7, 11) is 0. The summed E-state index contributed by atoms with van der Waals surface area (Å²) in [5, 5.41) is 5.74. The van der Waals surface area contributed by atoms with E-state index in [1.165, 1.54) is 35.1 Å². The van der Waals surface area contributed by atoms with Gasteiger partial charge in [-0.25, -0.2) is 14.5 Å². The lowest BCUT2D eigenvalue weighted by molar-refractivity contribution is 0.700. The summed E-state index contributed by atoms with van der Waals surface area (Å²) in [6.45, 7) is 0. The number of aryl methyl sites for hydroxylation is 2. The van der Waals surface area contributed by atoms with Crippen LogP contribution in [0.2, 0.25) is 0 Å². The molecule has 22 heavy (non-hydrogen) atoms. The van der Waals surface area contributed by atoms with Crippen molar-refractivity contribution < 1.29 is 0 Å². The van der Waals surface area contributed by atoms with Gasteiger partial charge in [0.15, 0.2) is 5.65 Å². The Labute approximate surface area is 130 Å². The highest BCUT2D eigenvalue weighted by Gasteiger charge is 2.21. The lowest BCUT2D eigenvalue weighted by Gasteiger charge is -2.09. The van der Waals surface area contributed by atoms with Gasteiger partial charge in [-0.2, -0.15) is 0 Å². The molecule has 0 unspecified atom stereocenters. The Kier molecular flexibility index (Phi) is 2.54. The van der Waals surface area contributed by atoms with E-state index >= 15 is 0 Å². The molecule has 0 saturated carbocycles. The van der Waals surface area contributed by atoms with E-state index in [9.17, 15) is 0 Å². The maximum absolute atomic E-state index is 4.75. The van der Waals surface area contributed by atoms with E-state index in [1.807, 2.05) is 29.5 Å². The number of aromatic nitrogens is 5. The summed E-state index contributed by atoms with van der Waals surface area (Å²) >= 11 is 1.81. The van der Waals surface area contributed by atoms with Gasteiger partial charge in [-0.15, -0.1) is 16.4 Å². The van der Waals surface area contributed by atoms with E-state index in [4.69, 9.17) is 4.98 Å². The third-order valence-electron chi connectivity index (χ3n) is 4.19. The molecule has 4 aromatic rings. The molecule has 108 valence electrons. The van der Waals surface area contributed by atoms with Gasteiger partial charge in [-0.1, -0.05) is 6.07 Å². The number of pyridine rings is 1. The van der Waals surface area contributed by atoms with Crippen LogP contribution in [0, 0.1) is 0 Å². The molecule has 5 rings (SSSR count). The molecule has 5 nitrogen and oxygen atoms in total. The van der Waals surface area contributed by atoms with Gasteiger partial charge in [0.1, 0.15) is 16.9 Å². The van der Waals surface area contributed by atoms with Crippen molar-refractivity contribution in [2.24, 2.45) is 0 Å². The number of rotatable bonds is 1. The third-order valence-corrected chi connectivity index (χ3v) is 5.39. The molecule has 4 heterocycles. The Morgan fingerprint density at radius 3 is 2.95 bits per heavy atom. The van der Waals surface area contributed by atoms with Crippen LogP contribution in [-0.2, 0) is 12.8 Å². The second-order valence-electron chi connectivity index (χ2n) is 5.55. The van der Waals surface area contributed by atoms with E-state index in [0.29, 0.717) is 5.82 Å². The fraction of sp³-hybridized carbons (Fsp3) is 0.250. The summed E-state index contributed by atoms with van der Waals surface area (Å²) in [6.07, 6.45) is 8.36. The predicted octanol–water partition coefficient (Wildman–Crippen LogP) is 3.28. The van der Waals surface area contributed by atoms with Crippen molar-refractivity contribution in [2.45, 2.75) is 25.7 Å². The van der Waals surface area contributed by atoms with Gasteiger partial charge >= 0.3 is 0 Å². The number of fused-ring (bicyclic) bond motifs is 5. The molecule has 0 amide bonds. The summed E-state index contributed by atoms with van der Waals surface area (Å²) < 4.78 is 1.79. The van der Waals surface area contributed by atoms with E-state index in [-0.39, 0.29) is 0 Å². The van der Waals surface area contributed by atoms with Crippen LogP contribution in [0.25, 0.3) is 27.4 Å². The predicted molar refractivity (Wildman–Crippen MR) is 86.0 cm³/mol. The van der Waals surface area contributed by atoms with Gasteiger partial charge in [0.25, 0.3) is 0 Å². The molecule has 1 aliphatic carbocycles. The van der Waals surface area contributed by atoms with Crippen LogP contribution in [0.15, 0.2) is 30.7 Å². The highest BCUT2D eigenvalue weighted by atomic mass is 32.1. The van der Waals surface area contributed by atoms with Crippen LogP contribution in [-0.4, -0.2) is 24.6 Å². The minimum atomic E-state index is 0.658. The fourth-order valence-corrected chi connectivity index (χ4v) is 4.38. The Hall–Kier alpha value is -2.34. The highest BCUT2D eigenvalue weighted by molar-refractivity contribution is 7.19. The molecular formula is C16H13N5S. The Morgan fingerprint density at radius 1 is 1.09 bits per heavy atom. The first kappa shape index (κ1) is 12.2. The molecule has 0 atom stereocenters. The molecule has 0 spiro atoms. The molecule has 6 heteroatoms. The van der Waals surface area contributed by atoms with Crippen molar-refractivity contribution >= 4 is 27.2 Å². The maximum Gasteiger partial charge on any atom is 0.200 e. The smallest absolute Gasteiger partial charge is 0.200 e. The molecule has 1 aliphatic rings. The van der Waals surface area contributed by atoms with Gasteiger partial charge in [0, 0.05) is 11.1 Å². The zero-order valence-electron chi connectivity index (χ0n) is 11.9. The molecule has 0 aliphatic heterocycles. The molecule has 4 aromatic heterocycles. The van der Waals surface area contributed by atoms with Crippen molar-refractivity contribution in [3.63, 3.8) is 0 Å². The quantitative estimate of drug-likeness (QED) is 0.541. The van der Waals surface area contributed by atoms with Crippen molar-refractivity contribution in [1.82, 2.24) is 24.6 Å². The van der Waals surface area contributed by atoms with Crippen molar-refractivity contribution in [1.29, 1.82) is 0 Å². The second-order valence-corrected chi connectivity index (χ2v) is 6.64. The van der Waals surface area contributed by atoms with Crippen molar-refractivity contribution in [3.05, 3.63) is 41.2 Å². The molecule has 0 aromatic carbocycles. The number of thiophene rings is 1. The average molecular weight is 307 g/mol. The topological polar surface area (TPSA) is 56.0 Å². The molecule has 0 saturated heterocycles.